The molecule has 0 saturated carbocycles. The molecule has 3 aromatic heterocycles. The third-order valence-corrected chi connectivity index (χ3v) is 6.99. The van der Waals surface area contributed by atoms with Crippen molar-refractivity contribution < 1.29 is 4.79 Å². The van der Waals surface area contributed by atoms with Crippen LogP contribution in [0.2, 0.25) is 5.02 Å². The number of likely N-dealkylation sites (tertiary alicyclic amines) is 1. The number of piperidine rings is 1. The first-order valence-corrected chi connectivity index (χ1v) is 12.1. The number of aromatic nitrogens is 3. The van der Waals surface area contributed by atoms with Crippen molar-refractivity contribution in [2.45, 2.75) is 25.3 Å². The average Bonchev–Trinajstić information content (AvgIpc) is 3.44. The highest BCUT2D eigenvalue weighted by Gasteiger charge is 2.24. The van der Waals surface area contributed by atoms with E-state index in [1.54, 1.807) is 11.3 Å². The topological polar surface area (TPSA) is 62.5 Å². The minimum absolute atomic E-state index is 0.205. The Hall–Kier alpha value is -2.84. The first-order valence-electron chi connectivity index (χ1n) is 10.7. The van der Waals surface area contributed by atoms with Crippen LogP contribution in [0.4, 0.5) is 5.82 Å². The van der Waals surface area contributed by atoms with Crippen LogP contribution in [0, 0.1) is 0 Å². The van der Waals surface area contributed by atoms with Crippen molar-refractivity contribution in [3.8, 4) is 11.3 Å². The molecule has 0 radical (unpaired) electrons. The molecule has 1 amide bonds. The smallest absolute Gasteiger partial charge is 0.227 e. The summed E-state index contributed by atoms with van der Waals surface area (Å²) in [4.78, 5) is 19.4. The fourth-order valence-corrected chi connectivity index (χ4v) is 5.05. The number of nitrogens with one attached hydrogen (secondary N) is 1. The zero-order valence-electron chi connectivity index (χ0n) is 17.8. The maximum Gasteiger partial charge on any atom is 0.227 e. The van der Waals surface area contributed by atoms with Gasteiger partial charge in [-0.1, -0.05) is 29.8 Å². The summed E-state index contributed by atoms with van der Waals surface area (Å²) in [6, 6.07) is 12.0. The Morgan fingerprint density at radius 2 is 2.06 bits per heavy atom. The molecule has 0 spiro atoms. The van der Waals surface area contributed by atoms with Gasteiger partial charge in [-0.2, -0.15) is 21.0 Å². The van der Waals surface area contributed by atoms with Gasteiger partial charge in [0.25, 0.3) is 0 Å². The van der Waals surface area contributed by atoms with Crippen LogP contribution in [-0.4, -0.2) is 52.4 Å². The predicted molar refractivity (Wildman–Crippen MR) is 133 cm³/mol. The van der Waals surface area contributed by atoms with Crippen LogP contribution >= 0.6 is 22.9 Å². The summed E-state index contributed by atoms with van der Waals surface area (Å²) in [7, 11) is 2.01. The second-order valence-electron chi connectivity index (χ2n) is 8.18. The van der Waals surface area contributed by atoms with E-state index in [4.69, 9.17) is 16.6 Å². The second-order valence-corrected chi connectivity index (χ2v) is 9.36. The highest BCUT2D eigenvalue weighted by Crippen LogP contribution is 2.29. The lowest BCUT2D eigenvalue weighted by molar-refractivity contribution is -0.131. The van der Waals surface area contributed by atoms with Crippen LogP contribution in [0.1, 0.15) is 18.4 Å². The maximum absolute atomic E-state index is 12.6. The van der Waals surface area contributed by atoms with E-state index in [-0.39, 0.29) is 11.9 Å². The first-order chi connectivity index (χ1) is 15.6. The molecule has 162 valence electrons. The minimum atomic E-state index is 0.205. The summed E-state index contributed by atoms with van der Waals surface area (Å²) >= 11 is 8.08. The van der Waals surface area contributed by atoms with Crippen molar-refractivity contribution in [2.75, 3.05) is 18.4 Å². The van der Waals surface area contributed by atoms with Crippen LogP contribution in [0.25, 0.3) is 16.9 Å². The fourth-order valence-electron chi connectivity index (χ4n) is 4.14. The van der Waals surface area contributed by atoms with Gasteiger partial charge in [0.2, 0.25) is 5.91 Å². The minimum Gasteiger partial charge on any atom is -0.367 e. The lowest BCUT2D eigenvalue weighted by atomic mass is 10.0. The number of carbonyl (C=O) groups excluding carboxylic acids is 1. The Bertz CT molecular complexity index is 1250. The molecular weight excluding hydrogens is 441 g/mol. The third-order valence-electron chi connectivity index (χ3n) is 5.93. The van der Waals surface area contributed by atoms with E-state index in [2.05, 4.69) is 10.4 Å². The molecule has 1 fully saturated rings. The molecule has 0 bridgehead atoms. The molecular formula is C23H23BClN5OS. The molecule has 0 unspecified atom stereocenters. The SMILES string of the molecule is Bc1cnn2c(NC3CCN(C(=O)Cc4ccsc4)CC3)cc(-c3ccccc3Cl)nc12. The number of hydrogen-bond donors (Lipinski definition) is 1. The average molecular weight is 464 g/mol. The molecule has 1 N–H and O–H groups in total. The Morgan fingerprint density at radius 3 is 2.81 bits per heavy atom. The van der Waals surface area contributed by atoms with Crippen LogP contribution in [0.3, 0.4) is 0 Å². The summed E-state index contributed by atoms with van der Waals surface area (Å²) in [6.07, 6.45) is 4.09. The normalized spacial score (nSPS) is 14.7. The predicted octanol–water partition coefficient (Wildman–Crippen LogP) is 3.02. The molecule has 4 aromatic rings. The van der Waals surface area contributed by atoms with E-state index in [1.165, 1.54) is 0 Å². The van der Waals surface area contributed by atoms with Crippen LogP contribution in [0.5, 0.6) is 0 Å². The maximum atomic E-state index is 12.6. The van der Waals surface area contributed by atoms with Gasteiger partial charge in [0.1, 0.15) is 13.7 Å². The number of amides is 1. The Labute approximate surface area is 196 Å². The molecule has 1 aliphatic heterocycles. The first kappa shape index (κ1) is 21.0. The summed E-state index contributed by atoms with van der Waals surface area (Å²) in [5.74, 6) is 1.10. The number of benzene rings is 1. The third kappa shape index (κ3) is 4.25. The van der Waals surface area contributed by atoms with Gasteiger partial charge in [-0.3, -0.25) is 4.79 Å². The van der Waals surface area contributed by atoms with Gasteiger partial charge in [-0.05, 0) is 46.8 Å². The Kier molecular flexibility index (Phi) is 5.89. The van der Waals surface area contributed by atoms with Gasteiger partial charge in [0, 0.05) is 42.0 Å². The summed E-state index contributed by atoms with van der Waals surface area (Å²) in [6.45, 7) is 1.51. The number of hydrogen-bond acceptors (Lipinski definition) is 5. The van der Waals surface area contributed by atoms with E-state index in [0.717, 1.165) is 59.7 Å². The van der Waals surface area contributed by atoms with Gasteiger partial charge in [0.15, 0.2) is 5.65 Å². The highest BCUT2D eigenvalue weighted by molar-refractivity contribution is 7.08. The fraction of sp³-hybridized carbons (Fsp3) is 0.261. The molecule has 1 saturated heterocycles. The Balaban J connectivity index is 1.33. The summed E-state index contributed by atoms with van der Waals surface area (Å²) < 4.78 is 1.85. The summed E-state index contributed by atoms with van der Waals surface area (Å²) in [5, 5.41) is 12.9. The molecule has 1 aromatic carbocycles. The molecule has 5 rings (SSSR count). The van der Waals surface area contributed by atoms with Crippen LogP contribution in [0.15, 0.2) is 53.4 Å². The van der Waals surface area contributed by atoms with Crippen molar-refractivity contribution >= 4 is 53.6 Å². The molecule has 32 heavy (non-hydrogen) atoms. The largest absolute Gasteiger partial charge is 0.367 e. The van der Waals surface area contributed by atoms with Gasteiger partial charge >= 0.3 is 0 Å². The number of anilines is 1. The lowest BCUT2D eigenvalue weighted by Gasteiger charge is -2.33. The highest BCUT2D eigenvalue weighted by atomic mass is 35.5. The van der Waals surface area contributed by atoms with E-state index in [1.807, 2.05) is 70.6 Å². The van der Waals surface area contributed by atoms with E-state index >= 15 is 0 Å². The van der Waals surface area contributed by atoms with Gasteiger partial charge in [0.05, 0.1) is 12.1 Å². The van der Waals surface area contributed by atoms with Gasteiger partial charge < -0.3 is 10.2 Å². The molecule has 4 heterocycles. The zero-order valence-corrected chi connectivity index (χ0v) is 19.4. The number of carbonyl (C=O) groups is 1. The summed E-state index contributed by atoms with van der Waals surface area (Å²) in [5.41, 5.74) is 4.64. The zero-order chi connectivity index (χ0) is 22.1. The monoisotopic (exact) mass is 463 g/mol. The van der Waals surface area contributed by atoms with Crippen LogP contribution in [-0.2, 0) is 11.2 Å². The quantitative estimate of drug-likeness (QED) is 0.462. The molecule has 9 heteroatoms. The van der Waals surface area contributed by atoms with E-state index < -0.39 is 0 Å². The van der Waals surface area contributed by atoms with Crippen molar-refractivity contribution in [1.82, 2.24) is 19.5 Å². The second kappa shape index (κ2) is 8.96. The van der Waals surface area contributed by atoms with Crippen molar-refractivity contribution in [3.05, 3.63) is 63.9 Å². The van der Waals surface area contributed by atoms with Gasteiger partial charge in [-0.25, -0.2) is 4.98 Å². The molecule has 6 nitrogen and oxygen atoms in total. The number of rotatable bonds is 5. The standard InChI is InChI=1S/C23H23BClN5OS/c24-18-13-26-30-21(12-20(28-23(18)30)17-3-1-2-4-19(17)25)27-16-5-8-29(9-6-16)22(31)11-15-7-10-32-14-15/h1-4,7,10,12-14,16,27H,5-6,8-9,11,24H2. The number of thiophene rings is 1. The molecule has 0 aliphatic carbocycles. The number of fused-ring (bicyclic) bond motifs is 1. The molecule has 0 atom stereocenters. The van der Waals surface area contributed by atoms with E-state index in [9.17, 15) is 4.79 Å². The Morgan fingerprint density at radius 1 is 1.25 bits per heavy atom. The molecule has 1 aliphatic rings. The van der Waals surface area contributed by atoms with Crippen LogP contribution < -0.4 is 10.8 Å². The number of nitrogens with zero attached hydrogens (tertiary/aromatic N) is 4. The van der Waals surface area contributed by atoms with Crippen molar-refractivity contribution in [2.24, 2.45) is 0 Å². The van der Waals surface area contributed by atoms with E-state index in [0.29, 0.717) is 11.4 Å². The lowest BCUT2D eigenvalue weighted by Crippen LogP contribution is -2.43. The number of halogens is 1. The van der Waals surface area contributed by atoms with Gasteiger partial charge in [-0.15, -0.1) is 0 Å². The van der Waals surface area contributed by atoms with Crippen molar-refractivity contribution in [1.29, 1.82) is 0 Å². The van der Waals surface area contributed by atoms with Crippen molar-refractivity contribution in [3.63, 3.8) is 0 Å².